The zero-order valence-electron chi connectivity index (χ0n) is 14.6. The number of hydrogen-bond donors (Lipinski definition) is 1. The Labute approximate surface area is 168 Å². The van der Waals surface area contributed by atoms with Crippen molar-refractivity contribution in [1.82, 2.24) is 0 Å². The smallest absolute Gasteiger partial charge is 0.311 e. The Hall–Kier alpha value is -2.25. The van der Waals surface area contributed by atoms with E-state index in [0.717, 1.165) is 26.7 Å². The van der Waals surface area contributed by atoms with Crippen molar-refractivity contribution in [3.8, 4) is 0 Å². The highest BCUT2D eigenvalue weighted by molar-refractivity contribution is 9.10. The van der Waals surface area contributed by atoms with Crippen molar-refractivity contribution in [3.05, 3.63) is 75.8 Å². The predicted molar refractivity (Wildman–Crippen MR) is 109 cm³/mol. The number of nitrogens with zero attached hydrogens (tertiary/aromatic N) is 1. The lowest BCUT2D eigenvalue weighted by atomic mass is 9.95. The van der Waals surface area contributed by atoms with Crippen LogP contribution >= 0.6 is 15.9 Å². The fourth-order valence-corrected chi connectivity index (χ4v) is 3.30. The first-order valence-electron chi connectivity index (χ1n) is 8.50. The second-order valence-electron chi connectivity index (χ2n) is 5.93. The van der Waals surface area contributed by atoms with E-state index in [1.165, 1.54) is 0 Å². The molecule has 2 aromatic rings. The average Bonchev–Trinajstić information content (AvgIpc) is 2.62. The van der Waals surface area contributed by atoms with Crippen LogP contribution in [0.5, 0.6) is 0 Å². The van der Waals surface area contributed by atoms with Crippen molar-refractivity contribution < 1.29 is 18.3 Å². The van der Waals surface area contributed by atoms with Crippen LogP contribution in [0, 0.1) is 0 Å². The lowest BCUT2D eigenvalue weighted by Crippen LogP contribution is -1.94. The van der Waals surface area contributed by atoms with Gasteiger partial charge in [0.05, 0.1) is 6.54 Å². The van der Waals surface area contributed by atoms with Gasteiger partial charge in [0, 0.05) is 10.9 Å². The molecule has 0 aliphatic rings. The molecule has 0 bridgehead atoms. The molecule has 0 atom stereocenters. The van der Waals surface area contributed by atoms with E-state index in [0.29, 0.717) is 19.3 Å². The molecule has 2 aromatic carbocycles. The van der Waals surface area contributed by atoms with Gasteiger partial charge >= 0.3 is 16.5 Å². The Balaban J connectivity index is 2.23. The number of benzene rings is 2. The summed E-state index contributed by atoms with van der Waals surface area (Å²) in [5, 5.41) is 8.81. The van der Waals surface area contributed by atoms with E-state index in [1.54, 1.807) is 0 Å². The third-order valence-corrected chi connectivity index (χ3v) is 4.83. The monoisotopic (exact) mass is 449 g/mol. The standard InChI is InChI=1S/C20H20BrNO4S/c21-18-5-3-4-17(14-18)19(6-1-2-7-20(23)24)16-10-8-15(9-11-16)12-13-22-27(25)26/h3-6,8-11,14H,1-2,7,12-13H2,(H,23,24)/b19-6-. The summed E-state index contributed by atoms with van der Waals surface area (Å²) in [6.07, 6.45) is 4.02. The molecule has 1 N–H and O–H groups in total. The van der Waals surface area contributed by atoms with Gasteiger partial charge in [-0.2, -0.15) is 12.8 Å². The summed E-state index contributed by atoms with van der Waals surface area (Å²) in [5.41, 5.74) is 4.12. The minimum absolute atomic E-state index is 0.145. The quantitative estimate of drug-likeness (QED) is 0.560. The van der Waals surface area contributed by atoms with Gasteiger partial charge in [0.1, 0.15) is 0 Å². The Bertz CT molecular complexity index is 942. The summed E-state index contributed by atoms with van der Waals surface area (Å²) in [7, 11) is -2.37. The normalized spacial score (nSPS) is 11.2. The molecule has 5 nitrogen and oxygen atoms in total. The topological polar surface area (TPSA) is 83.8 Å². The van der Waals surface area contributed by atoms with E-state index >= 15 is 0 Å². The molecule has 0 spiro atoms. The molecule has 0 amide bonds. The summed E-state index contributed by atoms with van der Waals surface area (Å²) in [5.74, 6) is -0.791. The number of rotatable bonds is 9. The van der Waals surface area contributed by atoms with Gasteiger partial charge in [-0.05, 0) is 53.7 Å². The van der Waals surface area contributed by atoms with Gasteiger partial charge in [0.15, 0.2) is 0 Å². The van der Waals surface area contributed by atoms with Crippen LogP contribution in [0.15, 0.2) is 63.4 Å². The Morgan fingerprint density at radius 2 is 1.85 bits per heavy atom. The van der Waals surface area contributed by atoms with Gasteiger partial charge in [-0.1, -0.05) is 58.4 Å². The van der Waals surface area contributed by atoms with Crippen LogP contribution in [0.25, 0.3) is 5.57 Å². The molecule has 0 saturated heterocycles. The fraction of sp³-hybridized carbons (Fsp3) is 0.250. The van der Waals surface area contributed by atoms with Crippen molar-refractivity contribution in [2.45, 2.75) is 25.7 Å². The van der Waals surface area contributed by atoms with Crippen molar-refractivity contribution in [3.63, 3.8) is 0 Å². The van der Waals surface area contributed by atoms with Crippen LogP contribution in [-0.2, 0) is 21.7 Å². The van der Waals surface area contributed by atoms with E-state index in [2.05, 4.69) is 26.4 Å². The molecular formula is C20H20BrNO4S. The van der Waals surface area contributed by atoms with Gasteiger partial charge in [-0.25, -0.2) is 0 Å². The molecule has 142 valence electrons. The fourth-order valence-electron chi connectivity index (χ4n) is 2.66. The van der Waals surface area contributed by atoms with Crippen LogP contribution in [-0.4, -0.2) is 26.0 Å². The first kappa shape index (κ1) is 21.1. The summed E-state index contributed by atoms with van der Waals surface area (Å²) in [6, 6.07) is 15.9. The molecule has 0 aliphatic heterocycles. The highest BCUT2D eigenvalue weighted by Gasteiger charge is 2.06. The van der Waals surface area contributed by atoms with E-state index in [9.17, 15) is 13.2 Å². The number of aliphatic carboxylic acids is 1. The molecule has 0 aliphatic carbocycles. The van der Waals surface area contributed by atoms with Crippen LogP contribution in [0.2, 0.25) is 0 Å². The van der Waals surface area contributed by atoms with Crippen molar-refractivity contribution in [2.75, 3.05) is 6.54 Å². The summed E-state index contributed by atoms with van der Waals surface area (Å²) < 4.78 is 25.4. The average molecular weight is 450 g/mol. The molecule has 27 heavy (non-hydrogen) atoms. The van der Waals surface area contributed by atoms with Crippen LogP contribution in [0.4, 0.5) is 0 Å². The van der Waals surface area contributed by atoms with E-state index < -0.39 is 16.5 Å². The number of carboxylic acid groups (broad SMARTS) is 1. The van der Waals surface area contributed by atoms with Crippen LogP contribution in [0.1, 0.15) is 36.0 Å². The summed E-state index contributed by atoms with van der Waals surface area (Å²) >= 11 is 3.49. The second kappa shape index (κ2) is 10.8. The maximum atomic E-state index is 10.7. The summed E-state index contributed by atoms with van der Waals surface area (Å²) in [4.78, 5) is 10.7. The highest BCUT2D eigenvalue weighted by Crippen LogP contribution is 2.27. The SMILES string of the molecule is O=C(O)CCC/C=C(/c1ccc(CCN=S(=O)=O)cc1)c1cccc(Br)c1. The largest absolute Gasteiger partial charge is 0.481 e. The molecular weight excluding hydrogens is 430 g/mol. The number of halogens is 1. The zero-order valence-corrected chi connectivity index (χ0v) is 17.0. The van der Waals surface area contributed by atoms with Gasteiger partial charge in [0.25, 0.3) is 0 Å². The number of carbonyl (C=O) groups is 1. The zero-order chi connectivity index (χ0) is 19.6. The third-order valence-electron chi connectivity index (χ3n) is 3.94. The van der Waals surface area contributed by atoms with Gasteiger partial charge in [-0.15, -0.1) is 0 Å². The molecule has 0 radical (unpaired) electrons. The van der Waals surface area contributed by atoms with Crippen molar-refractivity contribution in [2.24, 2.45) is 4.36 Å². The molecule has 0 aromatic heterocycles. The lowest BCUT2D eigenvalue weighted by Gasteiger charge is -2.10. The van der Waals surface area contributed by atoms with E-state index in [-0.39, 0.29) is 13.0 Å². The molecule has 7 heteroatoms. The van der Waals surface area contributed by atoms with E-state index in [1.807, 2.05) is 48.5 Å². The maximum absolute atomic E-state index is 10.7. The second-order valence-corrected chi connectivity index (χ2v) is 7.54. The van der Waals surface area contributed by atoms with Crippen LogP contribution in [0.3, 0.4) is 0 Å². The minimum atomic E-state index is -2.37. The van der Waals surface area contributed by atoms with Crippen LogP contribution < -0.4 is 0 Å². The molecule has 0 fully saturated rings. The van der Waals surface area contributed by atoms with Crippen molar-refractivity contribution in [1.29, 1.82) is 0 Å². The number of carboxylic acids is 1. The highest BCUT2D eigenvalue weighted by atomic mass is 79.9. The van der Waals surface area contributed by atoms with Gasteiger partial charge in [-0.3, -0.25) is 4.79 Å². The molecule has 0 unspecified atom stereocenters. The lowest BCUT2D eigenvalue weighted by molar-refractivity contribution is -0.137. The molecule has 0 saturated carbocycles. The first-order chi connectivity index (χ1) is 13.0. The first-order valence-corrected chi connectivity index (χ1v) is 10.3. The molecule has 2 rings (SSSR count). The van der Waals surface area contributed by atoms with E-state index in [4.69, 9.17) is 5.11 Å². The maximum Gasteiger partial charge on any atom is 0.311 e. The van der Waals surface area contributed by atoms with Gasteiger partial charge in [0.2, 0.25) is 0 Å². The van der Waals surface area contributed by atoms with Crippen molar-refractivity contribution >= 4 is 38.0 Å². The summed E-state index contributed by atoms with van der Waals surface area (Å²) in [6.45, 7) is 0.235. The Morgan fingerprint density at radius 1 is 1.11 bits per heavy atom. The predicted octanol–water partition coefficient (Wildman–Crippen LogP) is 4.74. The van der Waals surface area contributed by atoms with Gasteiger partial charge < -0.3 is 5.11 Å². The number of hydrogen-bond acceptors (Lipinski definition) is 4. The minimum Gasteiger partial charge on any atom is -0.481 e. The number of unbranched alkanes of at least 4 members (excludes halogenated alkanes) is 1. The third kappa shape index (κ3) is 7.48. The Kier molecular flexibility index (Phi) is 8.42. The molecule has 0 heterocycles. The Morgan fingerprint density at radius 3 is 2.48 bits per heavy atom. The number of allylic oxidation sites excluding steroid dienone is 1.